The van der Waals surface area contributed by atoms with Gasteiger partial charge in [-0.1, -0.05) is 37.1 Å². The highest BCUT2D eigenvalue weighted by molar-refractivity contribution is 7.91. The summed E-state index contributed by atoms with van der Waals surface area (Å²) in [6.07, 6.45) is 11.6. The molecule has 3 N–H and O–H groups in total. The van der Waals surface area contributed by atoms with E-state index in [1.54, 1.807) is 18.2 Å². The number of amides is 4. The van der Waals surface area contributed by atoms with Crippen LogP contribution in [0.3, 0.4) is 0 Å². The first kappa shape index (κ1) is 39.9. The van der Waals surface area contributed by atoms with Crippen LogP contribution in [0.4, 0.5) is 4.79 Å². The van der Waals surface area contributed by atoms with Crippen molar-refractivity contribution in [1.82, 2.24) is 29.8 Å². The van der Waals surface area contributed by atoms with Gasteiger partial charge in [-0.25, -0.2) is 13.2 Å². The number of sulfonamides is 1. The largest absolute Gasteiger partial charge is 0.496 e. The Bertz CT molecular complexity index is 2180. The SMILES string of the molecule is C=C[C@@H]1C[C@]1(NC(=O)[C@@H]1C[C@@H]2CN1C(=O)[C@H](C1CCCC1)NC(=O)O[C@@H]1CCC[C@H]1CCC=CCn1c(nc3cccc(OC)c3c1=O)O2)C(=O)NS(=O)(=O)C1CC1. The molecule has 312 valence electrons. The van der Waals surface area contributed by atoms with Gasteiger partial charge in [0.15, 0.2) is 0 Å². The van der Waals surface area contributed by atoms with Crippen molar-refractivity contribution in [3.63, 3.8) is 0 Å². The summed E-state index contributed by atoms with van der Waals surface area (Å²) in [6, 6.07) is 2.88. The number of alkyl carbamates (subject to hydrolysis) is 1. The minimum atomic E-state index is -3.93. The van der Waals surface area contributed by atoms with Gasteiger partial charge in [0, 0.05) is 18.9 Å². The fourth-order valence-electron chi connectivity index (χ4n) is 9.42. The van der Waals surface area contributed by atoms with Crippen LogP contribution in [0.25, 0.3) is 10.9 Å². The number of rotatable bonds is 8. The van der Waals surface area contributed by atoms with E-state index in [9.17, 15) is 32.4 Å². The molecule has 4 aliphatic carbocycles. The van der Waals surface area contributed by atoms with E-state index in [2.05, 4.69) is 21.9 Å². The number of nitrogens with one attached hydrogen (secondary N) is 3. The molecule has 58 heavy (non-hydrogen) atoms. The molecule has 3 heterocycles. The Balaban J connectivity index is 1.16. The second-order valence-corrected chi connectivity index (χ2v) is 18.6. The Labute approximate surface area is 337 Å². The van der Waals surface area contributed by atoms with Gasteiger partial charge >= 0.3 is 6.09 Å². The third kappa shape index (κ3) is 7.81. The number of allylic oxidation sites excluding steroid dienone is 2. The van der Waals surface area contributed by atoms with E-state index in [0.29, 0.717) is 49.8 Å². The Hall–Kier alpha value is -4.93. The number of ether oxygens (including phenoxy) is 3. The first-order valence-electron chi connectivity index (χ1n) is 20.6. The quantitative estimate of drug-likeness (QED) is 0.330. The maximum absolute atomic E-state index is 14.9. The molecule has 5 fully saturated rings. The third-order valence-corrected chi connectivity index (χ3v) is 14.7. The number of benzene rings is 1. The first-order chi connectivity index (χ1) is 27.9. The van der Waals surface area contributed by atoms with Crippen molar-refractivity contribution in [3.05, 3.63) is 53.4 Å². The predicted octanol–water partition coefficient (Wildman–Crippen LogP) is 3.23. The van der Waals surface area contributed by atoms with E-state index in [-0.39, 0.29) is 60.8 Å². The number of fused-ring (bicyclic) bond motifs is 5. The zero-order valence-corrected chi connectivity index (χ0v) is 33.5. The lowest BCUT2D eigenvalue weighted by Crippen LogP contribution is -2.59. The molecular weight excluding hydrogens is 769 g/mol. The van der Waals surface area contributed by atoms with Crippen molar-refractivity contribution in [2.45, 2.75) is 125 Å². The van der Waals surface area contributed by atoms with Gasteiger partial charge in [0.25, 0.3) is 17.5 Å². The minimum absolute atomic E-state index is 0.00470. The molecule has 6 aliphatic rings. The monoisotopic (exact) mass is 820 g/mol. The Kier molecular flexibility index (Phi) is 11.0. The van der Waals surface area contributed by atoms with E-state index < -0.39 is 68.7 Å². The molecule has 1 saturated heterocycles. The molecule has 2 aromatic rings. The Morgan fingerprint density at radius 3 is 2.52 bits per heavy atom. The van der Waals surface area contributed by atoms with Gasteiger partial charge < -0.3 is 29.7 Å². The summed E-state index contributed by atoms with van der Waals surface area (Å²) in [5.74, 6) is -2.32. The average molecular weight is 821 g/mol. The van der Waals surface area contributed by atoms with Gasteiger partial charge in [-0.3, -0.25) is 28.5 Å². The molecule has 0 unspecified atom stereocenters. The summed E-state index contributed by atoms with van der Waals surface area (Å²) in [7, 11) is -2.45. The summed E-state index contributed by atoms with van der Waals surface area (Å²) >= 11 is 0. The van der Waals surface area contributed by atoms with E-state index >= 15 is 0 Å². The molecule has 0 spiro atoms. The molecule has 1 aromatic carbocycles. The highest BCUT2D eigenvalue weighted by atomic mass is 32.2. The van der Waals surface area contributed by atoms with Crippen molar-refractivity contribution in [3.8, 4) is 11.8 Å². The lowest BCUT2D eigenvalue weighted by Gasteiger charge is -2.32. The van der Waals surface area contributed by atoms with Gasteiger partial charge in [-0.05, 0) is 88.2 Å². The van der Waals surface area contributed by atoms with Crippen molar-refractivity contribution in [1.29, 1.82) is 0 Å². The number of aromatic nitrogens is 2. The van der Waals surface area contributed by atoms with Crippen LogP contribution in [-0.4, -0.2) is 95.4 Å². The molecular formula is C41H52N6O10S. The number of methoxy groups -OCH3 is 1. The molecule has 16 nitrogen and oxygen atoms in total. The summed E-state index contributed by atoms with van der Waals surface area (Å²) < 4.78 is 47.2. The van der Waals surface area contributed by atoms with Gasteiger partial charge in [-0.2, -0.15) is 4.98 Å². The number of hydrogen-bond acceptors (Lipinski definition) is 11. The fourth-order valence-corrected chi connectivity index (χ4v) is 10.8. The van der Waals surface area contributed by atoms with Gasteiger partial charge in [0.05, 0.1) is 24.4 Å². The maximum Gasteiger partial charge on any atom is 0.408 e. The summed E-state index contributed by atoms with van der Waals surface area (Å²) in [4.78, 5) is 76.9. The summed E-state index contributed by atoms with van der Waals surface area (Å²) in [5.41, 5.74) is -1.63. The van der Waals surface area contributed by atoms with E-state index in [4.69, 9.17) is 19.2 Å². The number of carbonyl (C=O) groups is 4. The van der Waals surface area contributed by atoms with Crippen LogP contribution in [0, 0.1) is 17.8 Å². The smallest absolute Gasteiger partial charge is 0.408 e. The van der Waals surface area contributed by atoms with Gasteiger partial charge in [0.2, 0.25) is 21.8 Å². The minimum Gasteiger partial charge on any atom is -0.496 e. The Morgan fingerprint density at radius 1 is 1.02 bits per heavy atom. The molecule has 4 saturated carbocycles. The van der Waals surface area contributed by atoms with Crippen LogP contribution < -0.4 is 30.4 Å². The zero-order chi connectivity index (χ0) is 40.8. The molecule has 7 atom stereocenters. The number of nitrogens with zero attached hydrogens (tertiary/aromatic N) is 3. The predicted molar refractivity (Wildman–Crippen MR) is 211 cm³/mol. The lowest BCUT2D eigenvalue weighted by atomic mass is 9.96. The normalized spacial score (nSPS) is 30.5. The first-order valence-corrected chi connectivity index (χ1v) is 22.1. The standard InChI is InChI=1S/C41H52N6O10S/c1-3-26-22-41(26,38(51)45-58(53,54)28-18-19-28)44-35(48)30-21-27-23-47(30)37(50)34(25-12-6-7-13-25)43-40(52)57-31-16-9-14-24(31)11-5-4-8-20-46-36(49)33-29(42-39(46)56-27)15-10-17-32(33)55-2/h3-4,8,10,15,17,24-28,30-31,34H,1,5-7,9,11-14,16,18-23H2,2H3,(H,43,52)(H,44,48)(H,45,51)/t24-,26-,27-,30+,31-,34+,41-/m1/s1. The molecule has 8 rings (SSSR count). The molecule has 4 amide bonds. The zero-order valence-electron chi connectivity index (χ0n) is 32.7. The Morgan fingerprint density at radius 2 is 1.79 bits per heavy atom. The summed E-state index contributed by atoms with van der Waals surface area (Å²) in [5, 5.41) is 5.34. The van der Waals surface area contributed by atoms with Crippen molar-refractivity contribution < 1.29 is 41.8 Å². The molecule has 1 aromatic heterocycles. The fraction of sp³-hybridized carbons (Fsp3) is 0.610. The van der Waals surface area contributed by atoms with Crippen LogP contribution in [0.5, 0.6) is 11.8 Å². The second kappa shape index (κ2) is 16.0. The molecule has 0 radical (unpaired) electrons. The van der Waals surface area contributed by atoms with Crippen LogP contribution in [0.15, 0.2) is 47.8 Å². The molecule has 2 bridgehead atoms. The molecule has 17 heteroatoms. The third-order valence-electron chi connectivity index (χ3n) is 12.9. The summed E-state index contributed by atoms with van der Waals surface area (Å²) in [6.45, 7) is 3.81. The second-order valence-electron chi connectivity index (χ2n) is 16.7. The van der Waals surface area contributed by atoms with Crippen molar-refractivity contribution in [2.24, 2.45) is 17.8 Å². The van der Waals surface area contributed by atoms with Gasteiger partial charge in [-0.15, -0.1) is 6.58 Å². The number of carbonyl (C=O) groups excluding carboxylic acids is 4. The van der Waals surface area contributed by atoms with Crippen LogP contribution in [0.1, 0.15) is 83.5 Å². The van der Waals surface area contributed by atoms with E-state index in [1.807, 2.05) is 12.2 Å². The topological polar surface area (TPSA) is 204 Å². The van der Waals surface area contributed by atoms with Crippen LogP contribution in [-0.2, 0) is 35.7 Å². The molecule has 2 aliphatic heterocycles. The highest BCUT2D eigenvalue weighted by Gasteiger charge is 2.62. The highest BCUT2D eigenvalue weighted by Crippen LogP contribution is 2.46. The van der Waals surface area contributed by atoms with Crippen molar-refractivity contribution in [2.75, 3.05) is 13.7 Å². The average Bonchev–Trinajstić information content (AvgIpc) is 3.99. The maximum atomic E-state index is 14.9. The van der Waals surface area contributed by atoms with E-state index in [1.165, 1.54) is 22.7 Å². The van der Waals surface area contributed by atoms with Gasteiger partial charge in [0.1, 0.15) is 41.0 Å². The lowest BCUT2D eigenvalue weighted by molar-refractivity contribution is -0.142. The van der Waals surface area contributed by atoms with Crippen molar-refractivity contribution >= 4 is 44.7 Å². The van der Waals surface area contributed by atoms with E-state index in [0.717, 1.165) is 32.1 Å². The van der Waals surface area contributed by atoms with Crippen LogP contribution in [0.2, 0.25) is 0 Å². The van der Waals surface area contributed by atoms with Crippen LogP contribution >= 0.6 is 0 Å². The number of hydrogen-bond donors (Lipinski definition) is 3.